The Kier molecular flexibility index (Phi) is 7.13. The third-order valence-corrected chi connectivity index (χ3v) is 4.55. The molecule has 140 valence electrons. The van der Waals surface area contributed by atoms with Crippen LogP contribution in [0.15, 0.2) is 36.8 Å². The van der Waals surface area contributed by atoms with Crippen molar-refractivity contribution in [3.63, 3.8) is 0 Å². The average Bonchev–Trinajstić information content (AvgIpc) is 3.10. The summed E-state index contributed by atoms with van der Waals surface area (Å²) in [5.74, 6) is 0.308. The van der Waals surface area contributed by atoms with Crippen molar-refractivity contribution in [2.24, 2.45) is 0 Å². The SMILES string of the molecule is COC(=O)c1cncn1Cc1ccccc1C1CCCCC1.O=[N+]([O-])[O-]. The number of methoxy groups -OCH3 is 1. The zero-order valence-electron chi connectivity index (χ0n) is 14.7. The summed E-state index contributed by atoms with van der Waals surface area (Å²) in [5.41, 5.74) is 3.20. The standard InChI is InChI=1S/C18H22N2O2.NO3/c1-22-18(21)17-11-19-13-20(17)12-15-9-5-6-10-16(15)14-7-3-2-4-8-14;2-1(3)4/h5-6,9-11,13-14H,2-4,7-8,12H2,1H3;/q;-1. The minimum Gasteiger partial charge on any atom is -0.464 e. The Morgan fingerprint density at radius 3 is 2.58 bits per heavy atom. The number of carbonyl (C=O) groups excluding carboxylic acids is 1. The van der Waals surface area contributed by atoms with Crippen molar-refractivity contribution in [1.29, 1.82) is 0 Å². The van der Waals surface area contributed by atoms with Crippen LogP contribution in [0.5, 0.6) is 0 Å². The lowest BCUT2D eigenvalue weighted by Gasteiger charge is -2.24. The van der Waals surface area contributed by atoms with Gasteiger partial charge in [-0.1, -0.05) is 43.5 Å². The number of ether oxygens (including phenoxy) is 1. The molecule has 0 amide bonds. The number of hydrogen-bond donors (Lipinski definition) is 0. The minimum atomic E-state index is -1.75. The number of esters is 1. The van der Waals surface area contributed by atoms with E-state index >= 15 is 0 Å². The maximum atomic E-state index is 11.8. The van der Waals surface area contributed by atoms with Crippen LogP contribution in [-0.4, -0.2) is 27.7 Å². The number of hydrogen-bond acceptors (Lipinski definition) is 6. The fraction of sp³-hybridized carbons (Fsp3) is 0.444. The lowest BCUT2D eigenvalue weighted by molar-refractivity contribution is -0.402. The van der Waals surface area contributed by atoms with E-state index in [2.05, 4.69) is 29.2 Å². The second kappa shape index (κ2) is 9.55. The van der Waals surface area contributed by atoms with Gasteiger partial charge < -0.3 is 24.6 Å². The van der Waals surface area contributed by atoms with Crippen molar-refractivity contribution < 1.29 is 14.6 Å². The summed E-state index contributed by atoms with van der Waals surface area (Å²) in [6.07, 6.45) is 9.79. The molecule has 0 aliphatic heterocycles. The van der Waals surface area contributed by atoms with Gasteiger partial charge in [0.25, 0.3) is 0 Å². The van der Waals surface area contributed by atoms with E-state index in [1.54, 1.807) is 12.5 Å². The molecule has 26 heavy (non-hydrogen) atoms. The zero-order valence-corrected chi connectivity index (χ0v) is 14.7. The molecule has 1 aliphatic rings. The first kappa shape index (κ1) is 19.4. The predicted molar refractivity (Wildman–Crippen MR) is 95.3 cm³/mol. The number of nitrogens with zero attached hydrogens (tertiary/aromatic N) is 3. The monoisotopic (exact) mass is 360 g/mol. The van der Waals surface area contributed by atoms with E-state index in [4.69, 9.17) is 20.1 Å². The van der Waals surface area contributed by atoms with Crippen molar-refractivity contribution in [2.75, 3.05) is 7.11 Å². The van der Waals surface area contributed by atoms with E-state index in [1.165, 1.54) is 50.3 Å². The molecule has 1 heterocycles. The van der Waals surface area contributed by atoms with Gasteiger partial charge >= 0.3 is 5.97 Å². The van der Waals surface area contributed by atoms with Gasteiger partial charge in [-0.05, 0) is 29.9 Å². The normalized spacial score (nSPS) is 14.2. The van der Waals surface area contributed by atoms with Crippen LogP contribution in [0.1, 0.15) is 59.6 Å². The lowest BCUT2D eigenvalue weighted by Crippen LogP contribution is -2.13. The number of aromatic nitrogens is 2. The quantitative estimate of drug-likeness (QED) is 0.468. The van der Waals surface area contributed by atoms with Gasteiger partial charge in [0, 0.05) is 6.54 Å². The van der Waals surface area contributed by atoms with Gasteiger partial charge in [-0.25, -0.2) is 9.78 Å². The summed E-state index contributed by atoms with van der Waals surface area (Å²) < 4.78 is 6.69. The van der Waals surface area contributed by atoms with Gasteiger partial charge in [0.15, 0.2) is 0 Å². The highest BCUT2D eigenvalue weighted by atomic mass is 16.9. The second-order valence-corrected chi connectivity index (χ2v) is 6.16. The first-order valence-corrected chi connectivity index (χ1v) is 8.50. The molecule has 1 aromatic heterocycles. The molecule has 0 spiro atoms. The maximum Gasteiger partial charge on any atom is 0.356 e. The Morgan fingerprint density at radius 1 is 1.27 bits per heavy atom. The van der Waals surface area contributed by atoms with Crippen LogP contribution in [0.3, 0.4) is 0 Å². The number of carbonyl (C=O) groups is 1. The Labute approximate surface area is 151 Å². The van der Waals surface area contributed by atoms with E-state index in [0.717, 1.165) is 0 Å². The summed E-state index contributed by atoms with van der Waals surface area (Å²) in [7, 11) is 1.40. The van der Waals surface area contributed by atoms with Crippen molar-refractivity contribution in [3.8, 4) is 0 Å². The van der Waals surface area contributed by atoms with Crippen LogP contribution in [0.4, 0.5) is 0 Å². The van der Waals surface area contributed by atoms with Crippen LogP contribution < -0.4 is 0 Å². The molecule has 1 aromatic carbocycles. The third-order valence-electron chi connectivity index (χ3n) is 4.55. The lowest BCUT2D eigenvalue weighted by atomic mass is 9.82. The van der Waals surface area contributed by atoms with Crippen LogP contribution in [0.2, 0.25) is 0 Å². The summed E-state index contributed by atoms with van der Waals surface area (Å²) >= 11 is 0. The van der Waals surface area contributed by atoms with Crippen molar-refractivity contribution >= 4 is 5.97 Å². The van der Waals surface area contributed by atoms with Crippen LogP contribution in [0, 0.1) is 15.3 Å². The highest BCUT2D eigenvalue weighted by Gasteiger charge is 2.19. The Balaban J connectivity index is 0.000000552. The average molecular weight is 360 g/mol. The molecule has 2 aromatic rings. The third kappa shape index (κ3) is 5.30. The summed E-state index contributed by atoms with van der Waals surface area (Å²) in [5, 5.41) is 14.8. The van der Waals surface area contributed by atoms with Crippen molar-refractivity contribution in [3.05, 3.63) is 68.9 Å². The van der Waals surface area contributed by atoms with E-state index in [0.29, 0.717) is 18.2 Å². The minimum absolute atomic E-state index is 0.340. The summed E-state index contributed by atoms with van der Waals surface area (Å²) in [6, 6.07) is 8.57. The molecule has 0 unspecified atom stereocenters. The molecule has 0 saturated heterocycles. The molecule has 1 fully saturated rings. The summed E-state index contributed by atoms with van der Waals surface area (Å²) in [4.78, 5) is 24.1. The molecular formula is C18H22N3O5-. The highest BCUT2D eigenvalue weighted by Crippen LogP contribution is 2.34. The molecule has 8 nitrogen and oxygen atoms in total. The van der Waals surface area contributed by atoms with E-state index in [-0.39, 0.29) is 5.97 Å². The Bertz CT molecular complexity index is 734. The zero-order chi connectivity index (χ0) is 18.9. The van der Waals surface area contributed by atoms with Crippen molar-refractivity contribution in [2.45, 2.75) is 44.6 Å². The molecule has 8 heteroatoms. The fourth-order valence-electron chi connectivity index (χ4n) is 3.39. The molecule has 1 aliphatic carbocycles. The molecule has 0 N–H and O–H groups in total. The Morgan fingerprint density at radius 2 is 1.92 bits per heavy atom. The van der Waals surface area contributed by atoms with Crippen LogP contribution in [0.25, 0.3) is 0 Å². The van der Waals surface area contributed by atoms with E-state index in [1.807, 2.05) is 4.57 Å². The van der Waals surface area contributed by atoms with Gasteiger partial charge in [0.05, 0.1) is 24.7 Å². The van der Waals surface area contributed by atoms with Gasteiger partial charge in [0.2, 0.25) is 0 Å². The molecule has 0 radical (unpaired) electrons. The van der Waals surface area contributed by atoms with E-state index < -0.39 is 5.09 Å². The molecule has 0 atom stereocenters. The topological polar surface area (TPSA) is 110 Å². The largest absolute Gasteiger partial charge is 0.464 e. The number of benzene rings is 1. The smallest absolute Gasteiger partial charge is 0.356 e. The molecule has 3 rings (SSSR count). The fourth-order valence-corrected chi connectivity index (χ4v) is 3.39. The summed E-state index contributed by atoms with van der Waals surface area (Å²) in [6.45, 7) is 0.664. The molecule has 0 bridgehead atoms. The first-order chi connectivity index (χ1) is 12.5. The van der Waals surface area contributed by atoms with Gasteiger partial charge in [0.1, 0.15) is 5.69 Å². The highest BCUT2D eigenvalue weighted by molar-refractivity contribution is 5.87. The Hall–Kier alpha value is -2.90. The van der Waals surface area contributed by atoms with E-state index in [9.17, 15) is 4.79 Å². The molecular weight excluding hydrogens is 338 g/mol. The van der Waals surface area contributed by atoms with Gasteiger partial charge in [-0.15, -0.1) is 0 Å². The van der Waals surface area contributed by atoms with Gasteiger partial charge in [-0.3, -0.25) is 0 Å². The number of imidazole rings is 1. The predicted octanol–water partition coefficient (Wildman–Crippen LogP) is 3.53. The second-order valence-electron chi connectivity index (χ2n) is 6.16. The number of rotatable bonds is 4. The van der Waals surface area contributed by atoms with Gasteiger partial charge in [-0.2, -0.15) is 0 Å². The molecule has 1 saturated carbocycles. The van der Waals surface area contributed by atoms with Crippen molar-refractivity contribution in [1.82, 2.24) is 9.55 Å². The van der Waals surface area contributed by atoms with Crippen LogP contribution >= 0.6 is 0 Å². The van der Waals surface area contributed by atoms with Crippen LogP contribution in [-0.2, 0) is 11.3 Å². The first-order valence-electron chi connectivity index (χ1n) is 8.50. The maximum absolute atomic E-state index is 11.8.